The monoisotopic (exact) mass is 329 g/mol. The maximum atomic E-state index is 14.3. The summed E-state index contributed by atoms with van der Waals surface area (Å²) in [5.41, 5.74) is -2.43. The van der Waals surface area contributed by atoms with E-state index in [4.69, 9.17) is 16.3 Å². The minimum absolute atomic E-state index is 0.260. The fraction of sp³-hybridized carbons (Fsp3) is 0.500. The summed E-state index contributed by atoms with van der Waals surface area (Å²) >= 11 is 5.77. The van der Waals surface area contributed by atoms with E-state index in [0.717, 1.165) is 0 Å². The normalized spacial score (nSPS) is 13.4. The average Bonchev–Trinajstić information content (AvgIpc) is 2.32. The average molecular weight is 330 g/mol. The Balaban J connectivity index is 2.96. The highest BCUT2D eigenvalue weighted by Crippen LogP contribution is 2.21. The van der Waals surface area contributed by atoms with Crippen molar-refractivity contribution in [2.45, 2.75) is 51.9 Å². The minimum atomic E-state index is -1.95. The van der Waals surface area contributed by atoms with Crippen LogP contribution in [0, 0.1) is 0 Å². The molecule has 122 valence electrons. The number of halogens is 2. The number of alkyl carbamates (subject to hydrolysis) is 1. The number of ketones is 1. The summed E-state index contributed by atoms with van der Waals surface area (Å²) in [6.07, 6.45) is -0.842. The van der Waals surface area contributed by atoms with E-state index in [1.165, 1.54) is 38.1 Å². The maximum absolute atomic E-state index is 14.3. The zero-order valence-electron chi connectivity index (χ0n) is 13.4. The van der Waals surface area contributed by atoms with E-state index in [-0.39, 0.29) is 5.56 Å². The minimum Gasteiger partial charge on any atom is -0.444 e. The molecule has 1 aromatic rings. The van der Waals surface area contributed by atoms with Gasteiger partial charge in [0.2, 0.25) is 0 Å². The van der Waals surface area contributed by atoms with E-state index in [1.54, 1.807) is 20.8 Å². The lowest BCUT2D eigenvalue weighted by molar-refractivity contribution is 0.0402. The number of benzene rings is 1. The van der Waals surface area contributed by atoms with Gasteiger partial charge in [0, 0.05) is 10.6 Å². The van der Waals surface area contributed by atoms with Gasteiger partial charge in [0.25, 0.3) is 0 Å². The first kappa shape index (κ1) is 18.4. The van der Waals surface area contributed by atoms with Gasteiger partial charge in [0.05, 0.1) is 0 Å². The van der Waals surface area contributed by atoms with E-state index in [1.807, 2.05) is 0 Å². The third kappa shape index (κ3) is 5.64. The van der Waals surface area contributed by atoms with Crippen LogP contribution in [-0.2, 0) is 4.74 Å². The second-order valence-electron chi connectivity index (χ2n) is 6.51. The van der Waals surface area contributed by atoms with Crippen LogP contribution in [0.25, 0.3) is 0 Å². The molecular formula is C16H21ClFNO3. The van der Waals surface area contributed by atoms with Crippen LogP contribution in [0.15, 0.2) is 24.3 Å². The van der Waals surface area contributed by atoms with Crippen molar-refractivity contribution in [3.8, 4) is 0 Å². The summed E-state index contributed by atoms with van der Waals surface area (Å²) in [5, 5.41) is 2.77. The van der Waals surface area contributed by atoms with Crippen molar-refractivity contribution < 1.29 is 18.7 Å². The summed E-state index contributed by atoms with van der Waals surface area (Å²) in [5.74, 6) is -0.546. The second kappa shape index (κ2) is 6.65. The Labute approximate surface area is 135 Å². The molecule has 0 aromatic heterocycles. The molecule has 0 fully saturated rings. The molecule has 0 radical (unpaired) electrons. The smallest absolute Gasteiger partial charge is 0.408 e. The molecule has 4 nitrogen and oxygen atoms in total. The number of hydrogen-bond acceptors (Lipinski definition) is 3. The maximum Gasteiger partial charge on any atom is 0.408 e. The third-order valence-electron chi connectivity index (χ3n) is 2.74. The van der Waals surface area contributed by atoms with E-state index in [9.17, 15) is 14.0 Å². The van der Waals surface area contributed by atoms with Gasteiger partial charge < -0.3 is 10.1 Å². The van der Waals surface area contributed by atoms with Crippen LogP contribution in [0.1, 0.15) is 45.0 Å². The van der Waals surface area contributed by atoms with E-state index < -0.39 is 29.2 Å². The molecule has 1 aromatic carbocycles. The molecule has 0 aliphatic heterocycles. The number of ether oxygens (including phenoxy) is 1. The molecular weight excluding hydrogens is 309 g/mol. The summed E-state index contributed by atoms with van der Waals surface area (Å²) < 4.78 is 19.4. The van der Waals surface area contributed by atoms with Crippen LogP contribution in [0.5, 0.6) is 0 Å². The predicted octanol–water partition coefficient (Wildman–Crippen LogP) is 4.16. The third-order valence-corrected chi connectivity index (χ3v) is 2.99. The quantitative estimate of drug-likeness (QED) is 0.844. The van der Waals surface area contributed by atoms with E-state index in [0.29, 0.717) is 5.02 Å². The van der Waals surface area contributed by atoms with Crippen molar-refractivity contribution in [2.75, 3.05) is 0 Å². The number of nitrogens with one attached hydrogen (secondary N) is 1. The highest BCUT2D eigenvalue weighted by atomic mass is 35.5. The van der Waals surface area contributed by atoms with E-state index in [2.05, 4.69) is 5.32 Å². The van der Waals surface area contributed by atoms with Crippen molar-refractivity contribution in [1.82, 2.24) is 5.32 Å². The fourth-order valence-electron chi connectivity index (χ4n) is 1.76. The summed E-state index contributed by atoms with van der Waals surface area (Å²) in [6.45, 7) is 7.50. The first-order chi connectivity index (χ1) is 9.90. The molecule has 1 atom stereocenters. The van der Waals surface area contributed by atoms with Gasteiger partial charge in [-0.2, -0.15) is 0 Å². The molecule has 0 bridgehead atoms. The van der Waals surface area contributed by atoms with Crippen LogP contribution in [0.3, 0.4) is 0 Å². The molecule has 1 N–H and O–H groups in total. The molecule has 6 heteroatoms. The van der Waals surface area contributed by atoms with Crippen LogP contribution >= 0.6 is 11.6 Å². The Bertz CT molecular complexity index is 544. The number of carbonyl (C=O) groups is 2. The Morgan fingerprint density at radius 2 is 1.64 bits per heavy atom. The molecule has 1 amide bonds. The van der Waals surface area contributed by atoms with Crippen molar-refractivity contribution in [3.63, 3.8) is 0 Å². The largest absolute Gasteiger partial charge is 0.444 e. The molecule has 0 spiro atoms. The van der Waals surface area contributed by atoms with Crippen LogP contribution in [0.2, 0.25) is 5.02 Å². The Kier molecular flexibility index (Phi) is 5.57. The zero-order valence-corrected chi connectivity index (χ0v) is 14.1. The topological polar surface area (TPSA) is 55.4 Å². The standard InChI is InChI=1S/C16H21ClFNO3/c1-15(2,3)22-14(21)19-13(16(4,5)18)12(20)10-6-8-11(17)9-7-10/h6-9,13H,1-5H3,(H,19,21). The lowest BCUT2D eigenvalue weighted by atomic mass is 9.92. The summed E-state index contributed by atoms with van der Waals surface area (Å²) in [6, 6.07) is 4.68. The van der Waals surface area contributed by atoms with Gasteiger partial charge in [-0.05, 0) is 58.9 Å². The van der Waals surface area contributed by atoms with Crippen molar-refractivity contribution in [1.29, 1.82) is 0 Å². The summed E-state index contributed by atoms with van der Waals surface area (Å²) in [7, 11) is 0. The van der Waals surface area contributed by atoms with Gasteiger partial charge in [-0.25, -0.2) is 9.18 Å². The first-order valence-electron chi connectivity index (χ1n) is 6.88. The van der Waals surface area contributed by atoms with Gasteiger partial charge in [0.1, 0.15) is 17.3 Å². The van der Waals surface area contributed by atoms with Gasteiger partial charge in [-0.15, -0.1) is 0 Å². The fourth-order valence-corrected chi connectivity index (χ4v) is 1.88. The lowest BCUT2D eigenvalue weighted by Gasteiger charge is -2.28. The number of amides is 1. The molecule has 0 heterocycles. The Morgan fingerprint density at radius 3 is 2.05 bits per heavy atom. The van der Waals surface area contributed by atoms with Crippen LogP contribution < -0.4 is 5.32 Å². The summed E-state index contributed by atoms with van der Waals surface area (Å²) in [4.78, 5) is 24.3. The Hall–Kier alpha value is -1.62. The lowest BCUT2D eigenvalue weighted by Crippen LogP contribution is -2.53. The second-order valence-corrected chi connectivity index (χ2v) is 6.95. The van der Waals surface area contributed by atoms with Gasteiger partial charge >= 0.3 is 6.09 Å². The van der Waals surface area contributed by atoms with Crippen molar-refractivity contribution in [3.05, 3.63) is 34.9 Å². The molecule has 0 saturated heterocycles. The Morgan fingerprint density at radius 1 is 1.14 bits per heavy atom. The predicted molar refractivity (Wildman–Crippen MR) is 84.1 cm³/mol. The highest BCUT2D eigenvalue weighted by molar-refractivity contribution is 6.30. The van der Waals surface area contributed by atoms with Crippen LogP contribution in [0.4, 0.5) is 9.18 Å². The molecule has 1 unspecified atom stereocenters. The van der Waals surface area contributed by atoms with Crippen molar-refractivity contribution in [2.24, 2.45) is 0 Å². The first-order valence-corrected chi connectivity index (χ1v) is 7.26. The van der Waals surface area contributed by atoms with E-state index >= 15 is 0 Å². The number of rotatable bonds is 4. The SMILES string of the molecule is CC(C)(C)OC(=O)NC(C(=O)c1ccc(Cl)cc1)C(C)(C)F. The number of carbonyl (C=O) groups excluding carboxylic acids is 2. The number of Topliss-reactive ketones (excluding diaryl/α,β-unsaturated/α-hetero) is 1. The van der Waals surface area contributed by atoms with Gasteiger partial charge in [-0.1, -0.05) is 11.6 Å². The molecule has 0 aliphatic carbocycles. The number of alkyl halides is 1. The van der Waals surface area contributed by atoms with Gasteiger partial charge in [-0.3, -0.25) is 4.79 Å². The molecule has 0 aliphatic rings. The molecule has 0 saturated carbocycles. The van der Waals surface area contributed by atoms with Crippen LogP contribution in [-0.4, -0.2) is 29.2 Å². The molecule has 22 heavy (non-hydrogen) atoms. The van der Waals surface area contributed by atoms with Gasteiger partial charge in [0.15, 0.2) is 5.78 Å². The molecule has 1 rings (SSSR count). The zero-order chi connectivity index (χ0) is 17.1. The van der Waals surface area contributed by atoms with Crippen molar-refractivity contribution >= 4 is 23.5 Å². The number of hydrogen-bond donors (Lipinski definition) is 1. The highest BCUT2D eigenvalue weighted by Gasteiger charge is 2.38.